The molecule has 0 spiro atoms. The normalized spacial score (nSPS) is 19.8. The second-order valence-electron chi connectivity index (χ2n) is 6.12. The highest BCUT2D eigenvalue weighted by atomic mass is 35.5. The number of aliphatic carboxylic acids is 1. The van der Waals surface area contributed by atoms with Gasteiger partial charge < -0.3 is 14.8 Å². The Bertz CT molecular complexity index is 968. The summed E-state index contributed by atoms with van der Waals surface area (Å²) in [5.41, 5.74) is 2.11. The van der Waals surface area contributed by atoms with E-state index >= 15 is 0 Å². The summed E-state index contributed by atoms with van der Waals surface area (Å²) in [5, 5.41) is 11.5. The van der Waals surface area contributed by atoms with Crippen LogP contribution in [0.3, 0.4) is 0 Å². The van der Waals surface area contributed by atoms with Crippen molar-refractivity contribution in [1.82, 2.24) is 4.98 Å². The average molecular weight is 376 g/mol. The van der Waals surface area contributed by atoms with E-state index in [1.807, 2.05) is 30.3 Å². The number of carboxylic acids is 1. The van der Waals surface area contributed by atoms with E-state index in [-0.39, 0.29) is 6.42 Å². The molecule has 0 fully saturated rings. The lowest BCUT2D eigenvalue weighted by Gasteiger charge is -2.37. The first-order valence-electron chi connectivity index (χ1n) is 7.93. The van der Waals surface area contributed by atoms with Gasteiger partial charge in [-0.15, -0.1) is 0 Å². The molecule has 1 aliphatic rings. The van der Waals surface area contributed by atoms with Crippen molar-refractivity contribution in [2.75, 3.05) is 6.61 Å². The van der Waals surface area contributed by atoms with Crippen LogP contribution in [0, 0.1) is 0 Å². The fourth-order valence-corrected chi connectivity index (χ4v) is 4.15. The minimum atomic E-state index is -1.09. The second kappa shape index (κ2) is 6.06. The van der Waals surface area contributed by atoms with Gasteiger partial charge in [-0.2, -0.15) is 0 Å². The van der Waals surface area contributed by atoms with Crippen molar-refractivity contribution in [3.05, 3.63) is 69.3 Å². The van der Waals surface area contributed by atoms with Crippen molar-refractivity contribution < 1.29 is 14.6 Å². The number of halogens is 2. The molecule has 4 rings (SSSR count). The molecule has 25 heavy (non-hydrogen) atoms. The number of carbonyl (C=O) groups is 1. The van der Waals surface area contributed by atoms with E-state index in [4.69, 9.17) is 27.9 Å². The summed E-state index contributed by atoms with van der Waals surface area (Å²) in [5.74, 6) is -0.937. The number of hydrogen-bond donors (Lipinski definition) is 2. The Morgan fingerprint density at radius 3 is 2.60 bits per heavy atom. The van der Waals surface area contributed by atoms with Crippen LogP contribution in [0.1, 0.15) is 23.2 Å². The van der Waals surface area contributed by atoms with Crippen LogP contribution >= 0.6 is 23.2 Å². The third kappa shape index (κ3) is 2.53. The molecule has 1 unspecified atom stereocenters. The summed E-state index contributed by atoms with van der Waals surface area (Å²) in [7, 11) is 0. The summed E-state index contributed by atoms with van der Waals surface area (Å²) in [6.07, 6.45) is 0.454. The van der Waals surface area contributed by atoms with E-state index in [0.29, 0.717) is 23.1 Å². The number of hydrogen-bond acceptors (Lipinski definition) is 2. The Morgan fingerprint density at radius 1 is 1.16 bits per heavy atom. The zero-order valence-electron chi connectivity index (χ0n) is 13.2. The van der Waals surface area contributed by atoms with Gasteiger partial charge in [0, 0.05) is 5.39 Å². The molecule has 2 N–H and O–H groups in total. The molecule has 2 heterocycles. The molecule has 0 saturated heterocycles. The smallest absolute Gasteiger partial charge is 0.307 e. The minimum absolute atomic E-state index is 0.188. The number of aromatic amines is 1. The van der Waals surface area contributed by atoms with Crippen molar-refractivity contribution in [3.8, 4) is 0 Å². The molecule has 0 amide bonds. The molecular weight excluding hydrogens is 361 g/mol. The lowest BCUT2D eigenvalue weighted by Crippen LogP contribution is -2.39. The molecular formula is C19H15Cl2NO3. The van der Waals surface area contributed by atoms with Crippen LogP contribution in [-0.2, 0) is 21.6 Å². The van der Waals surface area contributed by atoms with Crippen LogP contribution in [0.25, 0.3) is 10.9 Å². The van der Waals surface area contributed by atoms with E-state index in [1.165, 1.54) is 0 Å². The predicted octanol–water partition coefficient (Wildman–Crippen LogP) is 4.77. The summed E-state index contributed by atoms with van der Waals surface area (Å²) in [6.45, 7) is 0.408. The van der Waals surface area contributed by atoms with Gasteiger partial charge in [0.05, 0.1) is 34.3 Å². The van der Waals surface area contributed by atoms with E-state index in [9.17, 15) is 9.90 Å². The molecule has 0 bridgehead atoms. The minimum Gasteiger partial charge on any atom is -0.481 e. The molecule has 1 atom stereocenters. The van der Waals surface area contributed by atoms with Gasteiger partial charge in [0.2, 0.25) is 0 Å². The fourth-order valence-electron chi connectivity index (χ4n) is 3.68. The van der Waals surface area contributed by atoms with E-state index < -0.39 is 11.6 Å². The number of nitrogens with one attached hydrogen (secondary N) is 1. The van der Waals surface area contributed by atoms with Gasteiger partial charge >= 0.3 is 5.97 Å². The average Bonchev–Trinajstić information content (AvgIpc) is 3.01. The Kier molecular flexibility index (Phi) is 3.99. The van der Waals surface area contributed by atoms with Crippen LogP contribution in [0.4, 0.5) is 0 Å². The highest BCUT2D eigenvalue weighted by molar-refractivity contribution is 6.40. The van der Waals surface area contributed by atoms with Gasteiger partial charge in [-0.3, -0.25) is 4.79 Å². The molecule has 0 aliphatic carbocycles. The second-order valence-corrected chi connectivity index (χ2v) is 6.93. The van der Waals surface area contributed by atoms with E-state index in [1.54, 1.807) is 12.1 Å². The zero-order chi connectivity index (χ0) is 17.6. The highest BCUT2D eigenvalue weighted by Crippen LogP contribution is 2.46. The van der Waals surface area contributed by atoms with Crippen LogP contribution < -0.4 is 0 Å². The van der Waals surface area contributed by atoms with Gasteiger partial charge in [0.15, 0.2) is 0 Å². The number of carboxylic acid groups (broad SMARTS) is 1. The summed E-state index contributed by atoms with van der Waals surface area (Å²) >= 11 is 12.8. The molecule has 4 nitrogen and oxygen atoms in total. The lowest BCUT2D eigenvalue weighted by atomic mass is 9.82. The van der Waals surface area contributed by atoms with Gasteiger partial charge in [-0.05, 0) is 29.7 Å². The molecule has 0 saturated carbocycles. The van der Waals surface area contributed by atoms with Crippen molar-refractivity contribution in [2.24, 2.45) is 0 Å². The molecule has 2 aromatic carbocycles. The van der Waals surface area contributed by atoms with E-state index in [0.717, 1.165) is 27.7 Å². The standard InChI is InChI=1S/C19H15Cl2NO3/c20-13-6-7-14(21)17-16(13)12-8-9-25-19(10-15(23)24,18(12)22-17)11-4-2-1-3-5-11/h1-7,22H,8-10H2,(H,23,24). The SMILES string of the molecule is O=C(O)CC1(c2ccccc2)OCCc2c1[nH]c1c(Cl)ccc(Cl)c21. The Labute approximate surface area is 154 Å². The largest absolute Gasteiger partial charge is 0.481 e. The summed E-state index contributed by atoms with van der Waals surface area (Å²) < 4.78 is 6.10. The summed E-state index contributed by atoms with van der Waals surface area (Å²) in [6, 6.07) is 12.9. The molecule has 0 radical (unpaired) electrons. The van der Waals surface area contributed by atoms with Crippen molar-refractivity contribution in [3.63, 3.8) is 0 Å². The monoisotopic (exact) mass is 375 g/mol. The quantitative estimate of drug-likeness (QED) is 0.693. The molecule has 128 valence electrons. The number of benzene rings is 2. The molecule has 1 aliphatic heterocycles. The molecule has 1 aromatic heterocycles. The molecule has 6 heteroatoms. The maximum absolute atomic E-state index is 11.7. The Hall–Kier alpha value is -2.01. The first kappa shape index (κ1) is 16.5. The predicted molar refractivity (Wildman–Crippen MR) is 97.4 cm³/mol. The van der Waals surface area contributed by atoms with Crippen LogP contribution in [0.2, 0.25) is 10.0 Å². The summed E-state index contributed by atoms with van der Waals surface area (Å²) in [4.78, 5) is 15.0. The topological polar surface area (TPSA) is 62.3 Å². The zero-order valence-corrected chi connectivity index (χ0v) is 14.7. The Morgan fingerprint density at radius 2 is 1.88 bits per heavy atom. The third-order valence-electron chi connectivity index (χ3n) is 4.70. The van der Waals surface area contributed by atoms with Crippen molar-refractivity contribution in [2.45, 2.75) is 18.4 Å². The van der Waals surface area contributed by atoms with Crippen LogP contribution in [-0.4, -0.2) is 22.7 Å². The first-order chi connectivity index (χ1) is 12.0. The number of aromatic nitrogens is 1. The number of fused-ring (bicyclic) bond motifs is 3. The highest BCUT2D eigenvalue weighted by Gasteiger charge is 2.44. The number of H-pyrrole nitrogens is 1. The maximum Gasteiger partial charge on any atom is 0.307 e. The number of ether oxygens (including phenoxy) is 1. The lowest BCUT2D eigenvalue weighted by molar-refractivity contribution is -0.144. The third-order valence-corrected chi connectivity index (χ3v) is 5.33. The Balaban J connectivity index is 2.05. The van der Waals surface area contributed by atoms with Crippen molar-refractivity contribution >= 4 is 40.1 Å². The first-order valence-corrected chi connectivity index (χ1v) is 8.69. The van der Waals surface area contributed by atoms with Crippen LogP contribution in [0.5, 0.6) is 0 Å². The maximum atomic E-state index is 11.7. The molecule has 3 aromatic rings. The number of rotatable bonds is 3. The fraction of sp³-hybridized carbons (Fsp3) is 0.211. The van der Waals surface area contributed by atoms with Gasteiger partial charge in [-0.25, -0.2) is 0 Å². The van der Waals surface area contributed by atoms with Gasteiger partial charge in [0.25, 0.3) is 0 Å². The van der Waals surface area contributed by atoms with Gasteiger partial charge in [0.1, 0.15) is 5.60 Å². The van der Waals surface area contributed by atoms with Crippen molar-refractivity contribution in [1.29, 1.82) is 0 Å². The van der Waals surface area contributed by atoms with Gasteiger partial charge in [-0.1, -0.05) is 53.5 Å². The van der Waals surface area contributed by atoms with Crippen LogP contribution in [0.15, 0.2) is 42.5 Å². The van der Waals surface area contributed by atoms with E-state index in [2.05, 4.69) is 4.98 Å².